The van der Waals surface area contributed by atoms with Crippen molar-refractivity contribution >= 4 is 11.7 Å². The van der Waals surface area contributed by atoms with Gasteiger partial charge in [0, 0.05) is 5.92 Å². The maximum atomic E-state index is 14.3. The first-order valence-electron chi connectivity index (χ1n) is 7.70. The Kier molecular flexibility index (Phi) is 3.18. The van der Waals surface area contributed by atoms with Crippen LogP contribution < -0.4 is 5.32 Å². The molecule has 0 saturated heterocycles. The number of anilines is 1. The number of carboxylic acid groups (broad SMARTS) is 1. The number of para-hydroxylation sites is 1. The van der Waals surface area contributed by atoms with Gasteiger partial charge in [-0.2, -0.15) is 0 Å². The van der Waals surface area contributed by atoms with Crippen molar-refractivity contribution in [2.24, 2.45) is 5.92 Å². The summed E-state index contributed by atoms with van der Waals surface area (Å²) in [5.74, 6) is -0.929. The van der Waals surface area contributed by atoms with Gasteiger partial charge in [0.05, 0.1) is 17.3 Å². The standard InChI is InChI=1S/C19H16FNO2/c20-16-10-4-9-13-11-7-3-8-12(11)17(21-18(13)16)14-5-1-2-6-15(14)19(22)23/h1-7,9-12,17,21H,8H2,(H,22,23)/t11-,12+,17+/m0/s1. The van der Waals surface area contributed by atoms with Crippen LogP contribution in [0.25, 0.3) is 0 Å². The number of carboxylic acids is 1. The first kappa shape index (κ1) is 14.0. The second kappa shape index (κ2) is 5.23. The molecule has 4 rings (SSSR count). The molecular weight excluding hydrogens is 293 g/mol. The number of fused-ring (bicyclic) bond motifs is 3. The number of rotatable bonds is 2. The van der Waals surface area contributed by atoms with E-state index in [0.717, 1.165) is 12.0 Å². The average molecular weight is 309 g/mol. The van der Waals surface area contributed by atoms with Gasteiger partial charge in [0.1, 0.15) is 5.82 Å². The van der Waals surface area contributed by atoms with Crippen molar-refractivity contribution in [2.45, 2.75) is 18.4 Å². The summed E-state index contributed by atoms with van der Waals surface area (Å²) in [6.45, 7) is 0. The first-order valence-corrected chi connectivity index (χ1v) is 7.70. The maximum absolute atomic E-state index is 14.3. The van der Waals surface area contributed by atoms with E-state index >= 15 is 0 Å². The molecule has 3 atom stereocenters. The van der Waals surface area contributed by atoms with E-state index in [1.54, 1.807) is 18.2 Å². The van der Waals surface area contributed by atoms with E-state index in [2.05, 4.69) is 17.5 Å². The highest BCUT2D eigenvalue weighted by molar-refractivity contribution is 5.89. The predicted octanol–water partition coefficient (Wildman–Crippen LogP) is 4.35. The molecule has 0 radical (unpaired) electrons. The quantitative estimate of drug-likeness (QED) is 0.811. The molecule has 2 aliphatic rings. The number of aromatic carboxylic acids is 1. The van der Waals surface area contributed by atoms with Gasteiger partial charge < -0.3 is 10.4 Å². The van der Waals surface area contributed by atoms with E-state index in [9.17, 15) is 14.3 Å². The van der Waals surface area contributed by atoms with Gasteiger partial charge in [-0.1, -0.05) is 42.5 Å². The Morgan fingerprint density at radius 2 is 1.91 bits per heavy atom. The molecule has 116 valence electrons. The van der Waals surface area contributed by atoms with E-state index in [1.165, 1.54) is 6.07 Å². The van der Waals surface area contributed by atoms with Crippen molar-refractivity contribution in [3.63, 3.8) is 0 Å². The fraction of sp³-hybridized carbons (Fsp3) is 0.211. The van der Waals surface area contributed by atoms with Gasteiger partial charge in [0.2, 0.25) is 0 Å². The summed E-state index contributed by atoms with van der Waals surface area (Å²) in [5.41, 5.74) is 2.43. The molecule has 0 saturated carbocycles. The summed E-state index contributed by atoms with van der Waals surface area (Å²) in [5, 5.41) is 12.7. The number of benzene rings is 2. The number of hydrogen-bond acceptors (Lipinski definition) is 2. The Balaban J connectivity index is 1.86. The summed E-state index contributed by atoms with van der Waals surface area (Å²) in [6, 6.07) is 11.9. The second-order valence-corrected chi connectivity index (χ2v) is 6.07. The lowest BCUT2D eigenvalue weighted by Gasteiger charge is -2.38. The summed E-state index contributed by atoms with van der Waals surface area (Å²) < 4.78 is 14.3. The summed E-state index contributed by atoms with van der Waals surface area (Å²) in [6.07, 6.45) is 5.07. The van der Waals surface area contributed by atoms with Gasteiger partial charge >= 0.3 is 5.97 Å². The first-order chi connectivity index (χ1) is 11.2. The van der Waals surface area contributed by atoms with E-state index < -0.39 is 5.97 Å². The lowest BCUT2D eigenvalue weighted by atomic mass is 9.76. The van der Waals surface area contributed by atoms with Crippen molar-refractivity contribution in [1.29, 1.82) is 0 Å². The summed E-state index contributed by atoms with van der Waals surface area (Å²) >= 11 is 0. The molecular formula is C19H16FNO2. The number of allylic oxidation sites excluding steroid dienone is 2. The van der Waals surface area contributed by atoms with Crippen molar-refractivity contribution in [2.75, 3.05) is 5.32 Å². The highest BCUT2D eigenvalue weighted by Crippen LogP contribution is 2.50. The molecule has 0 bridgehead atoms. The third-order valence-electron chi connectivity index (χ3n) is 4.87. The topological polar surface area (TPSA) is 49.3 Å². The Bertz CT molecular complexity index is 815. The van der Waals surface area contributed by atoms with Gasteiger partial charge in [0.25, 0.3) is 0 Å². The highest BCUT2D eigenvalue weighted by Gasteiger charge is 2.39. The lowest BCUT2D eigenvalue weighted by Crippen LogP contribution is -2.30. The van der Waals surface area contributed by atoms with Crippen LogP contribution in [0, 0.1) is 11.7 Å². The zero-order valence-corrected chi connectivity index (χ0v) is 12.4. The van der Waals surface area contributed by atoms with Crippen molar-refractivity contribution in [3.05, 3.63) is 77.1 Å². The molecule has 0 fully saturated rings. The SMILES string of the molecule is O=C(O)c1ccccc1[C@@H]1Nc2c(F)cccc2[C@H]2C=CC[C@H]21. The molecule has 0 amide bonds. The third kappa shape index (κ3) is 2.13. The third-order valence-corrected chi connectivity index (χ3v) is 4.87. The second-order valence-electron chi connectivity index (χ2n) is 6.07. The Hall–Kier alpha value is -2.62. The van der Waals surface area contributed by atoms with Crippen LogP contribution in [0.5, 0.6) is 0 Å². The molecule has 4 heteroatoms. The van der Waals surface area contributed by atoms with E-state index in [0.29, 0.717) is 11.3 Å². The minimum Gasteiger partial charge on any atom is -0.478 e. The van der Waals surface area contributed by atoms with Crippen molar-refractivity contribution < 1.29 is 14.3 Å². The van der Waals surface area contributed by atoms with Crippen molar-refractivity contribution in [3.8, 4) is 0 Å². The van der Waals surface area contributed by atoms with Crippen LogP contribution >= 0.6 is 0 Å². The van der Waals surface area contributed by atoms with Gasteiger partial charge in [-0.25, -0.2) is 9.18 Å². The van der Waals surface area contributed by atoms with Crippen LogP contribution in [0.4, 0.5) is 10.1 Å². The normalized spacial score (nSPS) is 24.7. The van der Waals surface area contributed by atoms with Crippen LogP contribution in [0.1, 0.15) is 39.9 Å². The van der Waals surface area contributed by atoms with Crippen LogP contribution in [0.2, 0.25) is 0 Å². The molecule has 2 aromatic rings. The molecule has 2 aromatic carbocycles. The molecule has 23 heavy (non-hydrogen) atoms. The maximum Gasteiger partial charge on any atom is 0.336 e. The Morgan fingerprint density at radius 1 is 1.13 bits per heavy atom. The van der Waals surface area contributed by atoms with Crippen molar-refractivity contribution in [1.82, 2.24) is 0 Å². The minimum absolute atomic E-state index is 0.119. The molecule has 1 aliphatic heterocycles. The number of carbonyl (C=O) groups is 1. The monoisotopic (exact) mass is 309 g/mol. The van der Waals surface area contributed by atoms with Gasteiger partial charge in [-0.15, -0.1) is 0 Å². The van der Waals surface area contributed by atoms with E-state index in [4.69, 9.17) is 0 Å². The largest absolute Gasteiger partial charge is 0.478 e. The van der Waals surface area contributed by atoms with Crippen LogP contribution in [0.15, 0.2) is 54.6 Å². The van der Waals surface area contributed by atoms with Crippen LogP contribution in [-0.4, -0.2) is 11.1 Å². The number of hydrogen-bond donors (Lipinski definition) is 2. The fourth-order valence-electron chi connectivity index (χ4n) is 3.85. The molecule has 2 N–H and O–H groups in total. The van der Waals surface area contributed by atoms with E-state index in [-0.39, 0.29) is 29.3 Å². The highest BCUT2D eigenvalue weighted by atomic mass is 19.1. The van der Waals surface area contributed by atoms with Crippen LogP contribution in [0.3, 0.4) is 0 Å². The Labute approximate surface area is 133 Å². The van der Waals surface area contributed by atoms with Gasteiger partial charge in [0.15, 0.2) is 0 Å². The smallest absolute Gasteiger partial charge is 0.336 e. The van der Waals surface area contributed by atoms with Crippen LogP contribution in [-0.2, 0) is 0 Å². The molecule has 0 unspecified atom stereocenters. The zero-order chi connectivity index (χ0) is 16.0. The molecule has 0 aromatic heterocycles. The molecule has 3 nitrogen and oxygen atoms in total. The Morgan fingerprint density at radius 3 is 2.74 bits per heavy atom. The summed E-state index contributed by atoms with van der Waals surface area (Å²) in [4.78, 5) is 11.6. The average Bonchev–Trinajstić information content (AvgIpc) is 3.04. The van der Waals surface area contributed by atoms with Gasteiger partial charge in [-0.05, 0) is 35.6 Å². The molecule has 0 spiro atoms. The lowest BCUT2D eigenvalue weighted by molar-refractivity contribution is 0.0694. The summed E-state index contributed by atoms with van der Waals surface area (Å²) in [7, 11) is 0. The molecule has 1 aliphatic carbocycles. The number of nitrogens with one attached hydrogen (secondary N) is 1. The predicted molar refractivity (Wildman–Crippen MR) is 86.2 cm³/mol. The zero-order valence-electron chi connectivity index (χ0n) is 12.4. The number of halogens is 1. The van der Waals surface area contributed by atoms with E-state index in [1.807, 2.05) is 18.2 Å². The molecule has 1 heterocycles. The van der Waals surface area contributed by atoms with Gasteiger partial charge in [-0.3, -0.25) is 0 Å². The fourth-order valence-corrected chi connectivity index (χ4v) is 3.85. The minimum atomic E-state index is -0.954.